The van der Waals surface area contributed by atoms with Crippen molar-refractivity contribution in [1.82, 2.24) is 0 Å². The molecule has 0 aliphatic carbocycles. The van der Waals surface area contributed by atoms with E-state index in [0.717, 1.165) is 10.2 Å². The van der Waals surface area contributed by atoms with Crippen LogP contribution >= 0.6 is 22.6 Å². The molecular formula is C8H8FIO2Si. The zero-order valence-electron chi connectivity index (χ0n) is 7.01. The molecule has 0 bridgehead atoms. The molecule has 0 fully saturated rings. The first-order valence-electron chi connectivity index (χ1n) is 3.78. The lowest BCUT2D eigenvalue weighted by atomic mass is 10.2. The van der Waals surface area contributed by atoms with Crippen LogP contribution in [-0.2, 0) is 4.74 Å². The molecule has 0 N–H and O–H groups in total. The summed E-state index contributed by atoms with van der Waals surface area (Å²) in [6, 6.07) is 4.49. The van der Waals surface area contributed by atoms with Crippen LogP contribution in [0.1, 0.15) is 10.4 Å². The molecule has 0 aliphatic heterocycles. The summed E-state index contributed by atoms with van der Waals surface area (Å²) < 4.78 is 18.5. The summed E-state index contributed by atoms with van der Waals surface area (Å²) in [5.74, 6) is -1.09. The predicted molar refractivity (Wildman–Crippen MR) is 59.3 cm³/mol. The highest BCUT2D eigenvalue weighted by Gasteiger charge is 2.15. The monoisotopic (exact) mass is 310 g/mol. The van der Waals surface area contributed by atoms with Crippen LogP contribution in [0.3, 0.4) is 0 Å². The van der Waals surface area contributed by atoms with Gasteiger partial charge in [0.1, 0.15) is 11.4 Å². The van der Waals surface area contributed by atoms with Crippen molar-refractivity contribution in [3.8, 4) is 0 Å². The minimum Gasteiger partial charge on any atom is -0.467 e. The average Bonchev–Trinajstić information content (AvgIpc) is 2.04. The number of halogens is 2. The van der Waals surface area contributed by atoms with Gasteiger partial charge >= 0.3 is 5.97 Å². The van der Waals surface area contributed by atoms with Crippen molar-refractivity contribution in [2.75, 3.05) is 6.23 Å². The van der Waals surface area contributed by atoms with Crippen molar-refractivity contribution in [1.29, 1.82) is 0 Å². The Labute approximate surface area is 92.0 Å². The minimum atomic E-state index is -0.572. The highest BCUT2D eigenvalue weighted by Crippen LogP contribution is 2.16. The Balaban J connectivity index is 3.05. The Kier molecular flexibility index (Phi) is 3.85. The Morgan fingerprint density at radius 2 is 2.31 bits per heavy atom. The first kappa shape index (κ1) is 10.6. The molecule has 2 nitrogen and oxygen atoms in total. The van der Waals surface area contributed by atoms with Crippen molar-refractivity contribution < 1.29 is 13.9 Å². The number of ether oxygens (including phenoxy) is 1. The van der Waals surface area contributed by atoms with Crippen LogP contribution in [0.2, 0.25) is 0 Å². The van der Waals surface area contributed by atoms with Gasteiger partial charge < -0.3 is 4.74 Å². The molecule has 0 heterocycles. The normalized spacial score (nSPS) is 10.0. The molecular weight excluding hydrogens is 302 g/mol. The minimum absolute atomic E-state index is 0.0407. The van der Waals surface area contributed by atoms with E-state index in [1.54, 1.807) is 12.1 Å². The molecule has 0 saturated carbocycles. The quantitative estimate of drug-likeness (QED) is 0.461. The molecule has 13 heavy (non-hydrogen) atoms. The Bertz CT molecular complexity index is 310. The van der Waals surface area contributed by atoms with Gasteiger partial charge in [0.25, 0.3) is 0 Å². The molecule has 0 aromatic heterocycles. The zero-order chi connectivity index (χ0) is 9.84. The van der Waals surface area contributed by atoms with E-state index in [2.05, 4.69) is 0 Å². The molecule has 0 unspecified atom stereocenters. The first-order chi connectivity index (χ1) is 6.16. The Morgan fingerprint density at radius 3 is 2.85 bits per heavy atom. The highest BCUT2D eigenvalue weighted by atomic mass is 127. The fraction of sp³-hybridized carbons (Fsp3) is 0.125. The fourth-order valence-corrected chi connectivity index (χ4v) is 1.84. The lowest BCUT2D eigenvalue weighted by Crippen LogP contribution is -2.10. The molecule has 0 aliphatic rings. The second-order valence-electron chi connectivity index (χ2n) is 2.32. The van der Waals surface area contributed by atoms with Gasteiger partial charge in [-0.3, -0.25) is 0 Å². The van der Waals surface area contributed by atoms with Crippen LogP contribution in [0, 0.1) is 9.39 Å². The molecule has 5 heteroatoms. The van der Waals surface area contributed by atoms with Crippen LogP contribution in [0.5, 0.6) is 0 Å². The molecule has 0 atom stereocenters. The zero-order valence-corrected chi connectivity index (χ0v) is 11.2. The van der Waals surface area contributed by atoms with Gasteiger partial charge in [-0.2, -0.15) is 0 Å². The maximum absolute atomic E-state index is 13.1. The molecule has 0 saturated heterocycles. The van der Waals surface area contributed by atoms with E-state index in [-0.39, 0.29) is 5.56 Å². The van der Waals surface area contributed by atoms with Gasteiger partial charge in [0, 0.05) is 3.57 Å². The van der Waals surface area contributed by atoms with Gasteiger partial charge in [-0.05, 0) is 34.7 Å². The van der Waals surface area contributed by atoms with Gasteiger partial charge in [0.15, 0.2) is 0 Å². The van der Waals surface area contributed by atoms with Gasteiger partial charge in [-0.1, -0.05) is 6.07 Å². The molecule has 0 radical (unpaired) electrons. The van der Waals surface area contributed by atoms with Crippen LogP contribution in [0.15, 0.2) is 18.2 Å². The summed E-state index contributed by atoms with van der Waals surface area (Å²) in [7, 11) is 0.766. The van der Waals surface area contributed by atoms with Crippen LogP contribution in [0.25, 0.3) is 0 Å². The van der Waals surface area contributed by atoms with Crippen LogP contribution in [-0.4, -0.2) is 22.4 Å². The summed E-state index contributed by atoms with van der Waals surface area (Å²) in [5.41, 5.74) is 0.0407. The predicted octanol–water partition coefficient (Wildman–Crippen LogP) is 0.910. The second kappa shape index (κ2) is 4.71. The molecule has 1 aromatic carbocycles. The molecule has 0 spiro atoms. The van der Waals surface area contributed by atoms with Gasteiger partial charge in [-0.15, -0.1) is 0 Å². The number of esters is 1. The SMILES string of the molecule is O=C(OC[SiH3])c1c(F)cccc1I. The Morgan fingerprint density at radius 1 is 1.62 bits per heavy atom. The van der Waals surface area contributed by atoms with E-state index in [0.29, 0.717) is 9.80 Å². The number of carbonyl (C=O) groups excluding carboxylic acids is 1. The first-order valence-corrected chi connectivity index (χ1v) is 6.27. The van der Waals surface area contributed by atoms with Crippen molar-refractivity contribution in [2.24, 2.45) is 0 Å². The summed E-state index contributed by atoms with van der Waals surface area (Å²) >= 11 is 1.91. The smallest absolute Gasteiger partial charge is 0.341 e. The van der Waals surface area contributed by atoms with E-state index in [4.69, 9.17) is 4.74 Å². The average molecular weight is 310 g/mol. The number of benzene rings is 1. The van der Waals surface area contributed by atoms with Gasteiger partial charge in [0.2, 0.25) is 0 Å². The fourth-order valence-electron chi connectivity index (χ4n) is 0.896. The summed E-state index contributed by atoms with van der Waals surface area (Å²) in [6.07, 6.45) is 0.392. The van der Waals surface area contributed by atoms with Crippen molar-refractivity contribution in [2.45, 2.75) is 0 Å². The van der Waals surface area contributed by atoms with Crippen molar-refractivity contribution in [3.05, 3.63) is 33.1 Å². The highest BCUT2D eigenvalue weighted by molar-refractivity contribution is 14.1. The van der Waals surface area contributed by atoms with Crippen molar-refractivity contribution in [3.63, 3.8) is 0 Å². The summed E-state index contributed by atoms with van der Waals surface area (Å²) in [4.78, 5) is 11.2. The standard InChI is InChI=1S/C8H8FIO2Si/c9-5-2-1-3-6(10)7(5)8(11)12-4-13/h1-3H,4H2,13H3. The second-order valence-corrected chi connectivity index (χ2v) is 4.06. The third-order valence-corrected chi connectivity index (χ3v) is 2.63. The molecule has 0 amide bonds. The maximum atomic E-state index is 13.1. The third-order valence-electron chi connectivity index (χ3n) is 1.44. The summed E-state index contributed by atoms with van der Waals surface area (Å²) in [6.45, 7) is 0. The lowest BCUT2D eigenvalue weighted by Gasteiger charge is -2.04. The van der Waals surface area contributed by atoms with E-state index in [1.807, 2.05) is 22.6 Å². The number of hydrogen-bond donors (Lipinski definition) is 0. The molecule has 1 aromatic rings. The number of hydrogen-bond acceptors (Lipinski definition) is 2. The maximum Gasteiger partial charge on any atom is 0.341 e. The summed E-state index contributed by atoms with van der Waals surface area (Å²) in [5, 5.41) is 0. The van der Waals surface area contributed by atoms with E-state index < -0.39 is 11.8 Å². The number of rotatable bonds is 2. The topological polar surface area (TPSA) is 26.3 Å². The van der Waals surface area contributed by atoms with Crippen LogP contribution < -0.4 is 0 Å². The van der Waals surface area contributed by atoms with Crippen LogP contribution in [0.4, 0.5) is 4.39 Å². The number of carbonyl (C=O) groups is 1. The van der Waals surface area contributed by atoms with Gasteiger partial charge in [0.05, 0.1) is 16.5 Å². The lowest BCUT2D eigenvalue weighted by molar-refractivity contribution is 0.0567. The molecule has 1 rings (SSSR count). The largest absolute Gasteiger partial charge is 0.467 e. The molecule has 70 valence electrons. The third kappa shape index (κ3) is 2.50. The Hall–Kier alpha value is -0.433. The van der Waals surface area contributed by atoms with E-state index in [9.17, 15) is 9.18 Å². The van der Waals surface area contributed by atoms with E-state index in [1.165, 1.54) is 6.07 Å². The van der Waals surface area contributed by atoms with E-state index >= 15 is 0 Å². The van der Waals surface area contributed by atoms with Gasteiger partial charge in [-0.25, -0.2) is 9.18 Å². The van der Waals surface area contributed by atoms with Crippen molar-refractivity contribution >= 4 is 38.8 Å².